The first kappa shape index (κ1) is 17.2. The van der Waals surface area contributed by atoms with Crippen LogP contribution in [0.2, 0.25) is 0 Å². The van der Waals surface area contributed by atoms with Gasteiger partial charge < -0.3 is 14.8 Å². The van der Waals surface area contributed by atoms with E-state index >= 15 is 0 Å². The van der Waals surface area contributed by atoms with Crippen LogP contribution in [-0.2, 0) is 16.6 Å². The van der Waals surface area contributed by atoms with Crippen LogP contribution in [-0.4, -0.2) is 32.2 Å². The summed E-state index contributed by atoms with van der Waals surface area (Å²) >= 11 is 0. The lowest BCUT2D eigenvalue weighted by atomic mass is 10.2. The Labute approximate surface area is 120 Å². The zero-order valence-electron chi connectivity index (χ0n) is 12.2. The number of hydrogen-bond acceptors (Lipinski definition) is 5. The van der Waals surface area contributed by atoms with E-state index in [1.807, 2.05) is 20.8 Å². The topological polar surface area (TPSA) is 91.6 Å². The number of aliphatic hydroxyl groups is 1. The maximum Gasteiger partial charge on any atom is 0.274 e. The normalized spacial score (nSPS) is 13.8. The molecule has 116 valence electrons. The van der Waals surface area contributed by atoms with Crippen LogP contribution in [0.25, 0.3) is 0 Å². The van der Waals surface area contributed by atoms with Gasteiger partial charge in [-0.15, -0.1) is 0 Å². The third-order valence-corrected chi connectivity index (χ3v) is 4.27. The van der Waals surface area contributed by atoms with Gasteiger partial charge in [0.05, 0.1) is 6.54 Å². The van der Waals surface area contributed by atoms with Gasteiger partial charge in [-0.3, -0.25) is 0 Å². The molecule has 0 saturated carbocycles. The lowest BCUT2D eigenvalue weighted by Gasteiger charge is -2.14. The molecule has 0 spiro atoms. The molecule has 0 radical (unpaired) electrons. The molecule has 20 heavy (non-hydrogen) atoms. The summed E-state index contributed by atoms with van der Waals surface area (Å²) in [6, 6.07) is 3.11. The summed E-state index contributed by atoms with van der Waals surface area (Å²) in [5.74, 6) is 0.578. The van der Waals surface area contributed by atoms with Crippen molar-refractivity contribution < 1.29 is 17.9 Å². The molecule has 0 aliphatic carbocycles. The van der Waals surface area contributed by atoms with Gasteiger partial charge in [0.1, 0.15) is 5.76 Å². The van der Waals surface area contributed by atoms with E-state index in [0.29, 0.717) is 31.2 Å². The summed E-state index contributed by atoms with van der Waals surface area (Å²) in [6.45, 7) is 6.30. The summed E-state index contributed by atoms with van der Waals surface area (Å²) in [4.78, 5) is 0. The van der Waals surface area contributed by atoms with Crippen LogP contribution in [0.4, 0.5) is 0 Å². The Bertz CT molecular complexity index is 496. The molecule has 0 amide bonds. The van der Waals surface area contributed by atoms with E-state index in [0.717, 1.165) is 0 Å². The van der Waals surface area contributed by atoms with Crippen molar-refractivity contribution in [2.75, 3.05) is 6.61 Å². The molecule has 1 heterocycles. The minimum atomic E-state index is -3.67. The molecule has 6 nitrogen and oxygen atoms in total. The third-order valence-electron chi connectivity index (χ3n) is 2.88. The number of nitrogens with one attached hydrogen (secondary N) is 2. The highest BCUT2D eigenvalue weighted by Gasteiger charge is 2.22. The number of furan rings is 1. The Balaban J connectivity index is 2.72. The molecular formula is C13H24N2O4S. The third kappa shape index (κ3) is 5.24. The molecule has 1 atom stereocenters. The molecule has 0 saturated heterocycles. The SMILES string of the molecule is CCC(CCO)NS(=O)(=O)c1ccc(CNC(C)C)o1. The fraction of sp³-hybridized carbons (Fsp3) is 0.692. The minimum Gasteiger partial charge on any atom is -0.447 e. The molecule has 1 aromatic heterocycles. The van der Waals surface area contributed by atoms with E-state index in [2.05, 4.69) is 10.0 Å². The van der Waals surface area contributed by atoms with Crippen LogP contribution >= 0.6 is 0 Å². The van der Waals surface area contributed by atoms with E-state index in [4.69, 9.17) is 9.52 Å². The number of hydrogen-bond donors (Lipinski definition) is 3. The van der Waals surface area contributed by atoms with Crippen LogP contribution in [0, 0.1) is 0 Å². The van der Waals surface area contributed by atoms with Crippen LogP contribution < -0.4 is 10.0 Å². The maximum absolute atomic E-state index is 12.1. The average molecular weight is 304 g/mol. The standard InChI is InChI=1S/C13H24N2O4S/c1-4-11(7-8-16)15-20(17,18)13-6-5-12(19-13)9-14-10(2)3/h5-6,10-11,14-16H,4,7-9H2,1-3H3. The lowest BCUT2D eigenvalue weighted by Crippen LogP contribution is -2.34. The molecule has 1 unspecified atom stereocenters. The summed E-state index contributed by atoms with van der Waals surface area (Å²) < 4.78 is 32.1. The minimum absolute atomic E-state index is 0.0528. The first-order valence-corrected chi connectivity index (χ1v) is 8.32. The summed E-state index contributed by atoms with van der Waals surface area (Å²) in [7, 11) is -3.67. The van der Waals surface area contributed by atoms with Crippen molar-refractivity contribution in [1.29, 1.82) is 0 Å². The van der Waals surface area contributed by atoms with E-state index in [1.165, 1.54) is 6.07 Å². The van der Waals surface area contributed by atoms with Crippen LogP contribution in [0.3, 0.4) is 0 Å². The van der Waals surface area contributed by atoms with Crippen molar-refractivity contribution in [3.63, 3.8) is 0 Å². The van der Waals surface area contributed by atoms with Gasteiger partial charge in [-0.2, -0.15) is 0 Å². The van der Waals surface area contributed by atoms with Gasteiger partial charge in [0.15, 0.2) is 0 Å². The fourth-order valence-corrected chi connectivity index (χ4v) is 2.99. The molecule has 3 N–H and O–H groups in total. The van der Waals surface area contributed by atoms with Crippen LogP contribution in [0.5, 0.6) is 0 Å². The van der Waals surface area contributed by atoms with Gasteiger partial charge in [0.25, 0.3) is 10.0 Å². The largest absolute Gasteiger partial charge is 0.447 e. The van der Waals surface area contributed by atoms with Crippen molar-refractivity contribution in [2.45, 2.75) is 57.3 Å². The highest BCUT2D eigenvalue weighted by molar-refractivity contribution is 7.89. The van der Waals surface area contributed by atoms with Crippen LogP contribution in [0.1, 0.15) is 39.4 Å². The van der Waals surface area contributed by atoms with Gasteiger partial charge >= 0.3 is 0 Å². The monoisotopic (exact) mass is 304 g/mol. The Morgan fingerprint density at radius 2 is 2.05 bits per heavy atom. The number of sulfonamides is 1. The quantitative estimate of drug-likeness (QED) is 0.638. The molecule has 1 aromatic rings. The number of rotatable bonds is 9. The lowest BCUT2D eigenvalue weighted by molar-refractivity contribution is 0.269. The van der Waals surface area contributed by atoms with E-state index in [1.54, 1.807) is 6.07 Å². The highest BCUT2D eigenvalue weighted by Crippen LogP contribution is 2.15. The first-order chi connectivity index (χ1) is 9.39. The van der Waals surface area contributed by atoms with Gasteiger partial charge in [0.2, 0.25) is 5.09 Å². The highest BCUT2D eigenvalue weighted by atomic mass is 32.2. The summed E-state index contributed by atoms with van der Waals surface area (Å²) in [5, 5.41) is 12.0. The predicted molar refractivity (Wildman–Crippen MR) is 76.8 cm³/mol. The predicted octanol–water partition coefficient (Wildman–Crippen LogP) is 1.22. The van der Waals surface area contributed by atoms with Gasteiger partial charge in [-0.1, -0.05) is 20.8 Å². The fourth-order valence-electron chi connectivity index (χ4n) is 1.68. The number of aliphatic hydroxyl groups excluding tert-OH is 1. The van der Waals surface area contributed by atoms with Crippen molar-refractivity contribution in [1.82, 2.24) is 10.0 Å². The molecular weight excluding hydrogens is 280 g/mol. The molecule has 7 heteroatoms. The van der Waals surface area contributed by atoms with Crippen molar-refractivity contribution >= 4 is 10.0 Å². The average Bonchev–Trinajstić information content (AvgIpc) is 2.85. The zero-order chi connectivity index (χ0) is 15.2. The van der Waals surface area contributed by atoms with E-state index in [-0.39, 0.29) is 17.7 Å². The van der Waals surface area contributed by atoms with Crippen molar-refractivity contribution in [2.24, 2.45) is 0 Å². The zero-order valence-corrected chi connectivity index (χ0v) is 13.0. The second kappa shape index (κ2) is 7.78. The Morgan fingerprint density at radius 3 is 2.60 bits per heavy atom. The molecule has 0 fully saturated rings. The molecule has 0 aromatic carbocycles. The van der Waals surface area contributed by atoms with E-state index < -0.39 is 10.0 Å². The van der Waals surface area contributed by atoms with Gasteiger partial charge in [-0.25, -0.2) is 13.1 Å². The van der Waals surface area contributed by atoms with Crippen molar-refractivity contribution in [3.05, 3.63) is 17.9 Å². The smallest absolute Gasteiger partial charge is 0.274 e. The summed E-state index contributed by atoms with van der Waals surface area (Å²) in [5.41, 5.74) is 0. The second-order valence-corrected chi connectivity index (χ2v) is 6.64. The first-order valence-electron chi connectivity index (χ1n) is 6.84. The Hall–Kier alpha value is -0.890. The molecule has 0 aliphatic rings. The van der Waals surface area contributed by atoms with Crippen molar-refractivity contribution in [3.8, 4) is 0 Å². The van der Waals surface area contributed by atoms with Crippen LogP contribution in [0.15, 0.2) is 21.6 Å². The summed E-state index contributed by atoms with van der Waals surface area (Å²) in [6.07, 6.45) is 1.00. The van der Waals surface area contributed by atoms with Gasteiger partial charge in [0, 0.05) is 18.7 Å². The molecule has 0 bridgehead atoms. The Morgan fingerprint density at radius 1 is 1.35 bits per heavy atom. The van der Waals surface area contributed by atoms with E-state index in [9.17, 15) is 8.42 Å². The maximum atomic E-state index is 12.1. The second-order valence-electron chi connectivity index (χ2n) is 5.00. The molecule has 1 rings (SSSR count). The Kier molecular flexibility index (Phi) is 6.67. The molecule has 0 aliphatic heterocycles. The van der Waals surface area contributed by atoms with Gasteiger partial charge in [-0.05, 0) is 25.0 Å².